The summed E-state index contributed by atoms with van der Waals surface area (Å²) in [6.07, 6.45) is 83.7. The van der Waals surface area contributed by atoms with Crippen molar-refractivity contribution in [3.8, 4) is 0 Å². The van der Waals surface area contributed by atoms with Crippen molar-refractivity contribution < 1.29 is 124 Å². The van der Waals surface area contributed by atoms with E-state index >= 15 is 0 Å². The van der Waals surface area contributed by atoms with E-state index < -0.39 is 12.2 Å². The normalized spacial score (nSPS) is 13.4. The number of hydrogen-bond acceptors (Lipinski definition) is 25. The molecule has 0 aliphatic heterocycles. The van der Waals surface area contributed by atoms with Crippen molar-refractivity contribution in [3.05, 3.63) is 0 Å². The van der Waals surface area contributed by atoms with Gasteiger partial charge in [-0.3, -0.25) is 28.8 Å². The number of aliphatic hydroxyl groups excluding tert-OH is 13. The van der Waals surface area contributed by atoms with E-state index in [1.807, 2.05) is 41.5 Å². The lowest BCUT2D eigenvalue weighted by molar-refractivity contribution is -0.146. The molecular weight excluding hydrogens is 1840 g/mol. The monoisotopic (exact) mass is 2080 g/mol. The summed E-state index contributed by atoms with van der Waals surface area (Å²) < 4.78 is 30.5. The summed E-state index contributed by atoms with van der Waals surface area (Å²) in [5.41, 5.74) is 0. The maximum atomic E-state index is 11.5. The summed E-state index contributed by atoms with van der Waals surface area (Å²) in [5.74, 6) is -0.786. The van der Waals surface area contributed by atoms with E-state index in [2.05, 4.69) is 27.7 Å². The first kappa shape index (κ1) is 152. The Morgan fingerprint density at radius 1 is 0.166 bits per heavy atom. The molecule has 0 spiro atoms. The second kappa shape index (κ2) is 127. The Balaban J connectivity index is -0.000000400. The molecule has 0 bridgehead atoms. The van der Waals surface area contributed by atoms with Crippen LogP contribution in [-0.4, -0.2) is 225 Å². The molecule has 0 amide bonds. The Labute approximate surface area is 889 Å². The molecule has 13 N–H and O–H groups in total. The molecule has 145 heavy (non-hydrogen) atoms. The molecule has 25 heteroatoms. The van der Waals surface area contributed by atoms with Crippen LogP contribution in [-0.2, 0) is 57.2 Å². The number of unbranched alkanes of at least 4 members (excludes halogenated alkanes) is 55. The highest BCUT2D eigenvalue weighted by Crippen LogP contribution is 2.23. The summed E-state index contributed by atoms with van der Waals surface area (Å²) in [5, 5.41) is 120. The highest BCUT2D eigenvalue weighted by atomic mass is 16.6. The number of rotatable bonds is 104. The van der Waals surface area contributed by atoms with E-state index in [1.54, 1.807) is 0 Å². The van der Waals surface area contributed by atoms with Gasteiger partial charge in [0.05, 0.1) is 70.2 Å². The molecule has 0 fully saturated rings. The summed E-state index contributed by atoms with van der Waals surface area (Å²) in [6.45, 7) is 22.8. The summed E-state index contributed by atoms with van der Waals surface area (Å²) >= 11 is 0. The van der Waals surface area contributed by atoms with Crippen LogP contribution in [0.5, 0.6) is 0 Å². The molecular formula is C120H240O25. The van der Waals surface area contributed by atoms with Gasteiger partial charge in [0.25, 0.3) is 0 Å². The van der Waals surface area contributed by atoms with Crippen LogP contribution < -0.4 is 0 Å². The van der Waals surface area contributed by atoms with Crippen LogP contribution in [0.1, 0.15) is 576 Å². The van der Waals surface area contributed by atoms with Crippen molar-refractivity contribution in [1.29, 1.82) is 0 Å². The highest BCUT2D eigenvalue weighted by molar-refractivity contribution is 5.71. The molecule has 0 heterocycles. The number of carbonyl (C=O) groups is 6. The van der Waals surface area contributed by atoms with Gasteiger partial charge in [-0.15, -0.1) is 0 Å². The number of ether oxygens (including phenoxy) is 6. The number of hydrogen-bond donors (Lipinski definition) is 13. The van der Waals surface area contributed by atoms with Gasteiger partial charge in [0.15, 0.2) is 0 Å². The van der Waals surface area contributed by atoms with E-state index in [-0.39, 0.29) is 142 Å². The van der Waals surface area contributed by atoms with Crippen molar-refractivity contribution in [2.24, 2.45) is 35.5 Å². The molecule has 0 aromatic carbocycles. The fourth-order valence-electron chi connectivity index (χ4n) is 16.1. The maximum Gasteiger partial charge on any atom is 0.305 e. The number of carbonyl (C=O) groups excluding carboxylic acids is 6. The van der Waals surface area contributed by atoms with Crippen LogP contribution in [0.4, 0.5) is 0 Å². The summed E-state index contributed by atoms with van der Waals surface area (Å²) in [4.78, 5) is 68.8. The standard InChI is InChI=1S/2C20H40O5.3C20H40O4.C20H40O3/c1-18(16-22)17-25-20(24)14-10-6-2-4-8-12-19(23)13-9-5-3-7-11-15-21;1-3-4-5-9-12-18(22)19(23)13-10-7-6-8-11-14-20(24)25-16-17(2)15-21;1-19(17-22)18-24-20(23)15-13-11-9-7-5-3-2-4-6-8-10-12-14-16-21;1-3-4-5-10-13-19(22)14-11-8-6-7-9-12-15-20(23)24-17-18(2)16-21;1-3-4-5-7-10-13-19(22)14-11-8-6-9-12-15-20(23)24-17-18(2)16-21;1-3-4-5-6-7-8-9-10-11-12-13-14-15-16-20(22)23-18-19(2)17-21/h18-19,21-23H,2-17H2,1H3;17-19,21-23H,3-16H2,1-2H3;19,21-22H,2-18H2,1H3;2*18-19,21-22H,3-17H2,1-2H3;19,21H,3-18H2,1-2H3. The lowest BCUT2D eigenvalue weighted by atomic mass is 10.00. The molecule has 0 aromatic heterocycles. The van der Waals surface area contributed by atoms with Crippen molar-refractivity contribution in [3.63, 3.8) is 0 Å². The summed E-state index contributed by atoms with van der Waals surface area (Å²) in [6, 6.07) is 0. The van der Waals surface area contributed by atoms with Crippen LogP contribution in [0, 0.1) is 35.5 Å². The van der Waals surface area contributed by atoms with Crippen LogP contribution in [0.3, 0.4) is 0 Å². The van der Waals surface area contributed by atoms with Crippen molar-refractivity contribution in [2.45, 2.75) is 607 Å². The first-order chi connectivity index (χ1) is 70.2. The fourth-order valence-corrected chi connectivity index (χ4v) is 16.1. The smallest absolute Gasteiger partial charge is 0.305 e. The first-order valence-corrected chi connectivity index (χ1v) is 60.4. The van der Waals surface area contributed by atoms with Gasteiger partial charge in [0.2, 0.25) is 0 Å². The number of esters is 6. The van der Waals surface area contributed by atoms with Crippen LogP contribution in [0.25, 0.3) is 0 Å². The van der Waals surface area contributed by atoms with E-state index in [9.17, 15) is 54.3 Å². The van der Waals surface area contributed by atoms with Crippen molar-refractivity contribution in [1.82, 2.24) is 0 Å². The molecule has 0 rings (SSSR count). The third-order valence-corrected chi connectivity index (χ3v) is 26.5. The zero-order valence-corrected chi connectivity index (χ0v) is 95.8. The van der Waals surface area contributed by atoms with E-state index in [0.29, 0.717) is 91.0 Å². The van der Waals surface area contributed by atoms with E-state index in [1.165, 1.54) is 205 Å². The average molecular weight is 2080 g/mol. The van der Waals surface area contributed by atoms with Crippen LogP contribution in [0.2, 0.25) is 0 Å². The van der Waals surface area contributed by atoms with Gasteiger partial charge in [-0.2, -0.15) is 0 Å². The zero-order chi connectivity index (χ0) is 109. The van der Waals surface area contributed by atoms with Gasteiger partial charge in [0, 0.05) is 127 Å². The van der Waals surface area contributed by atoms with Gasteiger partial charge >= 0.3 is 35.8 Å². The maximum absolute atomic E-state index is 11.5. The van der Waals surface area contributed by atoms with Crippen molar-refractivity contribution >= 4 is 35.8 Å². The zero-order valence-electron chi connectivity index (χ0n) is 95.8. The van der Waals surface area contributed by atoms with Gasteiger partial charge in [0.1, 0.15) is 0 Å². The molecule has 0 aliphatic rings. The van der Waals surface area contributed by atoms with Crippen LogP contribution in [0.15, 0.2) is 0 Å². The molecule has 0 aliphatic carbocycles. The van der Waals surface area contributed by atoms with Crippen molar-refractivity contribution in [2.75, 3.05) is 92.5 Å². The molecule has 0 radical (unpaired) electrons. The van der Waals surface area contributed by atoms with Gasteiger partial charge in [-0.1, -0.05) is 435 Å². The predicted molar refractivity (Wildman–Crippen MR) is 595 cm³/mol. The largest absolute Gasteiger partial charge is 0.465 e. The summed E-state index contributed by atoms with van der Waals surface area (Å²) in [7, 11) is 0. The Bertz CT molecular complexity index is 2560. The minimum atomic E-state index is -0.606. The van der Waals surface area contributed by atoms with Gasteiger partial charge in [-0.25, -0.2) is 0 Å². The minimum Gasteiger partial charge on any atom is -0.465 e. The molecule has 870 valence electrons. The predicted octanol–water partition coefficient (Wildman–Crippen LogP) is 26.6. The Kier molecular flexibility index (Phi) is 133. The Morgan fingerprint density at radius 2 is 0.283 bits per heavy atom. The molecule has 11 atom stereocenters. The molecule has 0 aromatic rings. The fraction of sp³-hybridized carbons (Fsp3) is 0.950. The molecule has 25 nitrogen and oxygen atoms in total. The SMILES string of the molecule is CC(CO)COC(=O)CCCCCCCC(O)CCCCCCCO.CC(CO)COC(=O)CCCCCCCCCCCCCCCO.CCCCCCC(O)C(O)CCCCCCCC(=O)OCC(C)CO.CCCCCCC(O)CCCCCCCCC(=O)OCC(C)CO.CCCCCCCC(O)CCCCCCCC(=O)OCC(C)CO.CCCCCCCCCCCCCCCC(=O)OCC(C)CO. The third kappa shape index (κ3) is 134. The topological polar surface area (TPSA) is 421 Å². The first-order valence-electron chi connectivity index (χ1n) is 60.4. The Morgan fingerprint density at radius 3 is 0.421 bits per heavy atom. The second-order valence-corrected chi connectivity index (χ2v) is 42.7. The van der Waals surface area contributed by atoms with Gasteiger partial charge < -0.3 is 94.8 Å². The quantitative estimate of drug-likeness (QED) is 0.0153. The second-order valence-electron chi connectivity index (χ2n) is 42.7. The molecule has 0 saturated carbocycles. The molecule has 11 unspecified atom stereocenters. The van der Waals surface area contributed by atoms with E-state index in [4.69, 9.17) is 69.3 Å². The van der Waals surface area contributed by atoms with Gasteiger partial charge in [-0.05, 0) is 103 Å². The lowest BCUT2D eigenvalue weighted by Crippen LogP contribution is -2.25. The van der Waals surface area contributed by atoms with Crippen LogP contribution >= 0.6 is 0 Å². The highest BCUT2D eigenvalue weighted by Gasteiger charge is 2.18. The van der Waals surface area contributed by atoms with E-state index in [0.717, 1.165) is 250 Å². The number of aliphatic hydroxyl groups is 13. The molecule has 0 saturated heterocycles. The lowest BCUT2D eigenvalue weighted by Gasteiger charge is -2.17. The minimum absolute atomic E-state index is 0.00243. The third-order valence-electron chi connectivity index (χ3n) is 26.5. The average Bonchev–Trinajstić information content (AvgIpc) is 0.963. The Hall–Kier alpha value is -3.70.